The van der Waals surface area contributed by atoms with Crippen LogP contribution in [-0.4, -0.2) is 41.9 Å². The molecule has 0 aromatic heterocycles. The quantitative estimate of drug-likeness (QED) is 0.568. The number of carbonyl (C=O) groups is 1. The fraction of sp³-hybridized carbons (Fsp3) is 0.345. The molecular weight excluding hydrogens is 426 g/mol. The number of rotatable bonds is 4. The molecule has 6 rings (SSSR count). The van der Waals surface area contributed by atoms with Crippen molar-refractivity contribution >= 4 is 6.09 Å². The van der Waals surface area contributed by atoms with Crippen molar-refractivity contribution in [2.75, 3.05) is 13.7 Å². The molecule has 5 nitrogen and oxygen atoms in total. The van der Waals surface area contributed by atoms with Gasteiger partial charge >= 0.3 is 6.09 Å². The third-order valence-electron chi connectivity index (χ3n) is 7.92. The summed E-state index contributed by atoms with van der Waals surface area (Å²) in [6.07, 6.45) is 2.48. The van der Waals surface area contributed by atoms with E-state index in [1.807, 2.05) is 41.3 Å². The Labute approximate surface area is 199 Å². The highest BCUT2D eigenvalue weighted by Gasteiger charge is 2.51. The van der Waals surface area contributed by atoms with Crippen LogP contribution in [0.5, 0.6) is 5.75 Å². The van der Waals surface area contributed by atoms with Gasteiger partial charge in [0.05, 0.1) is 12.7 Å². The summed E-state index contributed by atoms with van der Waals surface area (Å²) in [7, 11) is 1.63. The zero-order valence-electron chi connectivity index (χ0n) is 19.3. The monoisotopic (exact) mass is 455 g/mol. The zero-order chi connectivity index (χ0) is 23.3. The highest BCUT2D eigenvalue weighted by molar-refractivity contribution is 5.79. The van der Waals surface area contributed by atoms with Gasteiger partial charge in [0, 0.05) is 36.4 Å². The molecule has 2 atom stereocenters. The van der Waals surface area contributed by atoms with E-state index < -0.39 is 5.60 Å². The number of ether oxygens (including phenoxy) is 2. The largest absolute Gasteiger partial charge is 0.496 e. The number of carbonyl (C=O) groups excluding carboxylic acids is 1. The molecule has 174 valence electrons. The first-order valence-corrected chi connectivity index (χ1v) is 12.1. The SMILES string of the molecule is COc1ccccc1C1(O)CC2CCC(C1)N2C(=O)OCC1c2ccccc2-c2ccccc21. The van der Waals surface area contributed by atoms with Crippen LogP contribution < -0.4 is 4.74 Å². The molecule has 2 aliphatic heterocycles. The second-order valence-corrected chi connectivity index (χ2v) is 9.74. The fourth-order valence-electron chi connectivity index (χ4n) is 6.44. The number of fused-ring (bicyclic) bond motifs is 5. The molecule has 2 fully saturated rings. The van der Waals surface area contributed by atoms with E-state index in [9.17, 15) is 9.90 Å². The summed E-state index contributed by atoms with van der Waals surface area (Å²) in [4.78, 5) is 15.2. The predicted octanol–water partition coefficient (Wildman–Crippen LogP) is 5.46. The molecule has 34 heavy (non-hydrogen) atoms. The summed E-state index contributed by atoms with van der Waals surface area (Å²) < 4.78 is 11.5. The van der Waals surface area contributed by atoms with Gasteiger partial charge in [-0.15, -0.1) is 0 Å². The standard InChI is InChI=1S/C29H29NO4/c1-33-27-13-7-6-12-26(27)29(32)16-19-14-15-20(17-29)30(19)28(31)34-18-25-23-10-4-2-8-21(23)22-9-3-5-11-24(22)25/h2-13,19-20,25,32H,14-18H2,1H3. The second kappa shape index (κ2) is 8.17. The third-order valence-corrected chi connectivity index (χ3v) is 7.92. The summed E-state index contributed by atoms with van der Waals surface area (Å²) in [5, 5.41) is 11.6. The minimum absolute atomic E-state index is 0.0377. The molecule has 1 N–H and O–H groups in total. The van der Waals surface area contributed by atoms with Crippen LogP contribution in [0, 0.1) is 0 Å². The van der Waals surface area contributed by atoms with Crippen LogP contribution in [0.2, 0.25) is 0 Å². The van der Waals surface area contributed by atoms with Crippen molar-refractivity contribution in [3.05, 3.63) is 89.5 Å². The van der Waals surface area contributed by atoms with Crippen molar-refractivity contribution in [3.63, 3.8) is 0 Å². The van der Waals surface area contributed by atoms with Crippen LogP contribution in [0.25, 0.3) is 11.1 Å². The van der Waals surface area contributed by atoms with E-state index in [-0.39, 0.29) is 24.1 Å². The van der Waals surface area contributed by atoms with Gasteiger partial charge in [0.2, 0.25) is 0 Å². The first kappa shape index (κ1) is 21.2. The maximum Gasteiger partial charge on any atom is 0.410 e. The van der Waals surface area contributed by atoms with Crippen LogP contribution in [0.3, 0.4) is 0 Å². The number of piperidine rings is 1. The van der Waals surface area contributed by atoms with E-state index in [0.29, 0.717) is 25.2 Å². The first-order valence-electron chi connectivity index (χ1n) is 12.1. The van der Waals surface area contributed by atoms with E-state index in [1.54, 1.807) is 7.11 Å². The van der Waals surface area contributed by atoms with Crippen LogP contribution in [0.15, 0.2) is 72.8 Å². The zero-order valence-corrected chi connectivity index (χ0v) is 19.3. The number of hydrogen-bond donors (Lipinski definition) is 1. The number of para-hydroxylation sites is 1. The Morgan fingerprint density at radius 2 is 1.47 bits per heavy atom. The Kier molecular flexibility index (Phi) is 5.10. The minimum atomic E-state index is -1.00. The summed E-state index contributed by atoms with van der Waals surface area (Å²) in [5.41, 5.74) is 4.67. The third kappa shape index (κ3) is 3.30. The molecule has 0 spiro atoms. The molecule has 0 saturated carbocycles. The molecule has 2 saturated heterocycles. The number of methoxy groups -OCH3 is 1. The van der Waals surface area contributed by atoms with Gasteiger partial charge in [-0.3, -0.25) is 0 Å². The van der Waals surface area contributed by atoms with Gasteiger partial charge < -0.3 is 19.5 Å². The number of nitrogens with zero attached hydrogens (tertiary/aromatic N) is 1. The van der Waals surface area contributed by atoms with Crippen molar-refractivity contribution in [2.45, 2.75) is 49.3 Å². The Morgan fingerprint density at radius 3 is 2.09 bits per heavy atom. The lowest BCUT2D eigenvalue weighted by Gasteiger charge is -2.43. The molecule has 2 bridgehead atoms. The maximum atomic E-state index is 13.3. The van der Waals surface area contributed by atoms with E-state index in [0.717, 1.165) is 18.4 Å². The molecule has 0 radical (unpaired) electrons. The van der Waals surface area contributed by atoms with E-state index >= 15 is 0 Å². The van der Waals surface area contributed by atoms with Crippen LogP contribution in [0.1, 0.15) is 48.3 Å². The Bertz CT molecular complexity index is 1180. The highest BCUT2D eigenvalue weighted by Crippen LogP contribution is 2.49. The summed E-state index contributed by atoms with van der Waals surface area (Å²) in [6, 6.07) is 24.3. The Balaban J connectivity index is 1.19. The number of aliphatic hydroxyl groups is 1. The van der Waals surface area contributed by atoms with E-state index in [2.05, 4.69) is 36.4 Å². The van der Waals surface area contributed by atoms with Gasteiger partial charge in [0.1, 0.15) is 12.4 Å². The number of benzene rings is 3. The summed E-state index contributed by atoms with van der Waals surface area (Å²) >= 11 is 0. The predicted molar refractivity (Wildman–Crippen MR) is 130 cm³/mol. The maximum absolute atomic E-state index is 13.3. The van der Waals surface area contributed by atoms with Gasteiger partial charge in [-0.25, -0.2) is 4.79 Å². The normalized spacial score (nSPS) is 25.1. The van der Waals surface area contributed by atoms with Crippen molar-refractivity contribution in [1.29, 1.82) is 0 Å². The molecule has 3 aliphatic rings. The van der Waals surface area contributed by atoms with Gasteiger partial charge in [0.15, 0.2) is 0 Å². The molecule has 2 heterocycles. The first-order chi connectivity index (χ1) is 16.6. The van der Waals surface area contributed by atoms with Crippen LogP contribution in [-0.2, 0) is 10.3 Å². The average molecular weight is 456 g/mol. The number of hydrogen-bond acceptors (Lipinski definition) is 4. The van der Waals surface area contributed by atoms with E-state index in [1.165, 1.54) is 22.3 Å². The van der Waals surface area contributed by atoms with E-state index in [4.69, 9.17) is 9.47 Å². The smallest absolute Gasteiger partial charge is 0.410 e. The lowest BCUT2D eigenvalue weighted by molar-refractivity contribution is -0.0542. The Morgan fingerprint density at radius 1 is 0.912 bits per heavy atom. The van der Waals surface area contributed by atoms with Gasteiger partial charge in [-0.05, 0) is 41.2 Å². The van der Waals surface area contributed by atoms with Crippen LogP contribution in [0.4, 0.5) is 4.79 Å². The minimum Gasteiger partial charge on any atom is -0.496 e. The van der Waals surface area contributed by atoms with Crippen LogP contribution >= 0.6 is 0 Å². The van der Waals surface area contributed by atoms with Crippen molar-refractivity contribution in [1.82, 2.24) is 4.90 Å². The topological polar surface area (TPSA) is 59.0 Å². The van der Waals surface area contributed by atoms with Gasteiger partial charge in [-0.1, -0.05) is 66.7 Å². The molecule has 5 heteroatoms. The lowest BCUT2D eigenvalue weighted by atomic mass is 9.80. The average Bonchev–Trinajstić information content (AvgIpc) is 3.34. The summed E-state index contributed by atoms with van der Waals surface area (Å²) in [5.74, 6) is 0.739. The fourth-order valence-corrected chi connectivity index (χ4v) is 6.44. The van der Waals surface area contributed by atoms with Gasteiger partial charge in [-0.2, -0.15) is 0 Å². The van der Waals surface area contributed by atoms with Crippen molar-refractivity contribution in [3.8, 4) is 16.9 Å². The molecule has 1 aliphatic carbocycles. The second-order valence-electron chi connectivity index (χ2n) is 9.74. The van der Waals surface area contributed by atoms with Crippen molar-refractivity contribution in [2.24, 2.45) is 0 Å². The Hall–Kier alpha value is -3.31. The van der Waals surface area contributed by atoms with Gasteiger partial charge in [0.25, 0.3) is 0 Å². The molecule has 3 aromatic rings. The highest BCUT2D eigenvalue weighted by atomic mass is 16.6. The molecule has 2 unspecified atom stereocenters. The molecular formula is C29H29NO4. The van der Waals surface area contributed by atoms with Crippen molar-refractivity contribution < 1.29 is 19.4 Å². The number of amides is 1. The molecule has 3 aromatic carbocycles. The lowest BCUT2D eigenvalue weighted by Crippen LogP contribution is -2.52. The molecule has 1 amide bonds. The summed E-state index contributed by atoms with van der Waals surface area (Å²) in [6.45, 7) is 0.319.